The summed E-state index contributed by atoms with van der Waals surface area (Å²) < 4.78 is 0. The molecule has 0 aromatic heterocycles. The van der Waals surface area contributed by atoms with Gasteiger partial charge in [-0.05, 0) is 30.9 Å². The normalized spacial score (nSPS) is 15.5. The Hall–Kier alpha value is -3.73. The van der Waals surface area contributed by atoms with Crippen molar-refractivity contribution in [1.29, 1.82) is 0 Å². The monoisotopic (exact) mass is 425 g/mol. The number of unbranched alkanes of at least 4 members (excludes halogenated alkanes) is 1. The van der Waals surface area contributed by atoms with E-state index in [4.69, 9.17) is 4.99 Å². The fourth-order valence-electron chi connectivity index (χ4n) is 3.93. The molecule has 5 heteroatoms. The summed E-state index contributed by atoms with van der Waals surface area (Å²) >= 11 is 0. The molecule has 3 aromatic rings. The van der Waals surface area contributed by atoms with Gasteiger partial charge in [-0.15, -0.1) is 0 Å². The van der Waals surface area contributed by atoms with Crippen LogP contribution in [0.15, 0.2) is 89.9 Å². The number of rotatable bonds is 7. The third-order valence-electron chi connectivity index (χ3n) is 5.65. The molecule has 0 saturated carbocycles. The van der Waals surface area contributed by atoms with E-state index in [-0.39, 0.29) is 11.8 Å². The lowest BCUT2D eigenvalue weighted by molar-refractivity contribution is -0.127. The van der Waals surface area contributed by atoms with E-state index in [2.05, 4.69) is 17.4 Å². The molecular weight excluding hydrogens is 398 g/mol. The molecule has 0 fully saturated rings. The number of benzene rings is 3. The van der Waals surface area contributed by atoms with E-state index in [1.165, 1.54) is 5.56 Å². The second-order valence-corrected chi connectivity index (χ2v) is 7.92. The number of fused-ring (bicyclic) bond motifs is 1. The summed E-state index contributed by atoms with van der Waals surface area (Å²) in [5.41, 5.74) is 4.52. The predicted molar refractivity (Wildman–Crippen MR) is 128 cm³/mol. The molecule has 1 aliphatic rings. The van der Waals surface area contributed by atoms with E-state index in [9.17, 15) is 9.59 Å². The Morgan fingerprint density at radius 2 is 1.56 bits per heavy atom. The molecule has 1 atom stereocenters. The van der Waals surface area contributed by atoms with Gasteiger partial charge in [0.1, 0.15) is 0 Å². The first kappa shape index (κ1) is 21.5. The first-order chi connectivity index (χ1) is 15.6. The number of hydrogen-bond donors (Lipinski definition) is 1. The molecule has 32 heavy (non-hydrogen) atoms. The Bertz CT molecular complexity index is 1110. The number of aliphatic imine (C=N–C) groups is 1. The Balaban J connectivity index is 1.49. The molecule has 1 unspecified atom stereocenters. The van der Waals surface area contributed by atoms with Crippen molar-refractivity contribution in [2.24, 2.45) is 4.99 Å². The lowest BCUT2D eigenvalue weighted by Crippen LogP contribution is -2.46. The molecule has 162 valence electrons. The quantitative estimate of drug-likeness (QED) is 0.572. The van der Waals surface area contributed by atoms with Crippen molar-refractivity contribution in [3.8, 4) is 0 Å². The second-order valence-electron chi connectivity index (χ2n) is 7.92. The highest BCUT2D eigenvalue weighted by molar-refractivity contribution is 6.20. The molecule has 0 radical (unpaired) electrons. The van der Waals surface area contributed by atoms with Crippen molar-refractivity contribution >= 4 is 23.2 Å². The van der Waals surface area contributed by atoms with Crippen LogP contribution in [-0.2, 0) is 16.0 Å². The predicted octanol–water partition coefficient (Wildman–Crippen LogP) is 4.36. The smallest absolute Gasteiger partial charge is 0.272 e. The van der Waals surface area contributed by atoms with Crippen molar-refractivity contribution in [3.63, 3.8) is 0 Å². The number of nitrogens with zero attached hydrogens (tertiary/aromatic N) is 2. The second kappa shape index (κ2) is 10.1. The summed E-state index contributed by atoms with van der Waals surface area (Å²) in [4.78, 5) is 32.1. The van der Waals surface area contributed by atoms with Gasteiger partial charge in [-0.25, -0.2) is 4.99 Å². The highest BCUT2D eigenvalue weighted by Crippen LogP contribution is 2.27. The van der Waals surface area contributed by atoms with Crippen LogP contribution in [0.4, 0.5) is 5.69 Å². The molecule has 4 rings (SSSR count). The number of benzodiazepines with no additional fused rings is 1. The van der Waals surface area contributed by atoms with Crippen LogP contribution in [0, 0.1) is 0 Å². The Kier molecular flexibility index (Phi) is 6.75. The van der Waals surface area contributed by atoms with E-state index < -0.39 is 6.17 Å². The fraction of sp³-hybridized carbons (Fsp3) is 0.222. The van der Waals surface area contributed by atoms with Gasteiger partial charge in [0, 0.05) is 24.6 Å². The molecule has 1 aliphatic heterocycles. The Morgan fingerprint density at radius 1 is 0.906 bits per heavy atom. The van der Waals surface area contributed by atoms with Crippen LogP contribution in [-0.4, -0.2) is 30.7 Å². The van der Waals surface area contributed by atoms with Gasteiger partial charge in [0.25, 0.3) is 5.91 Å². The zero-order valence-electron chi connectivity index (χ0n) is 18.2. The van der Waals surface area contributed by atoms with Crippen LogP contribution in [0.5, 0.6) is 0 Å². The lowest BCUT2D eigenvalue weighted by atomic mass is 10.0. The van der Waals surface area contributed by atoms with Gasteiger partial charge >= 0.3 is 0 Å². The van der Waals surface area contributed by atoms with E-state index >= 15 is 0 Å². The summed E-state index contributed by atoms with van der Waals surface area (Å²) in [6, 6.07) is 27.7. The maximum absolute atomic E-state index is 13.1. The zero-order valence-corrected chi connectivity index (χ0v) is 18.2. The summed E-state index contributed by atoms with van der Waals surface area (Å²) in [6.45, 7) is 0. The molecule has 1 N–H and O–H groups in total. The third-order valence-corrected chi connectivity index (χ3v) is 5.65. The maximum Gasteiger partial charge on any atom is 0.272 e. The SMILES string of the molecule is CN1C(=O)C(NC(=O)CCCCc2ccccc2)N=C(c2ccccc2)c2ccccc21. The molecule has 0 spiro atoms. The summed E-state index contributed by atoms with van der Waals surface area (Å²) in [5, 5.41) is 2.85. The number of aryl methyl sites for hydroxylation is 1. The van der Waals surface area contributed by atoms with Crippen molar-refractivity contribution < 1.29 is 9.59 Å². The average Bonchev–Trinajstić information content (AvgIpc) is 2.94. The number of carbonyl (C=O) groups is 2. The number of para-hydroxylation sites is 1. The van der Waals surface area contributed by atoms with Crippen molar-refractivity contribution in [3.05, 3.63) is 102 Å². The van der Waals surface area contributed by atoms with Crippen LogP contribution >= 0.6 is 0 Å². The largest absolute Gasteiger partial charge is 0.327 e. The standard InChI is InChI=1S/C27H27N3O2/c1-30-23-18-10-9-17-22(23)25(21-15-6-3-7-16-21)29-26(27(30)32)28-24(31)19-11-8-14-20-12-4-2-5-13-20/h2-7,9-10,12-13,15-18,26H,8,11,14,19H2,1H3,(H,28,31). The minimum absolute atomic E-state index is 0.160. The van der Waals surface area contributed by atoms with Crippen molar-refractivity contribution in [1.82, 2.24) is 5.32 Å². The topological polar surface area (TPSA) is 61.8 Å². The van der Waals surface area contributed by atoms with Gasteiger partial charge in [0.15, 0.2) is 0 Å². The maximum atomic E-state index is 13.1. The van der Waals surface area contributed by atoms with Crippen molar-refractivity contribution in [2.75, 3.05) is 11.9 Å². The molecule has 3 aromatic carbocycles. The molecule has 2 amide bonds. The number of likely N-dealkylation sites (N-methyl/N-ethyl adjacent to an activating group) is 1. The van der Waals surface area contributed by atoms with Crippen LogP contribution in [0.3, 0.4) is 0 Å². The summed E-state index contributed by atoms with van der Waals surface area (Å²) in [5.74, 6) is -0.409. The minimum Gasteiger partial charge on any atom is -0.327 e. The summed E-state index contributed by atoms with van der Waals surface area (Å²) in [7, 11) is 1.73. The first-order valence-corrected chi connectivity index (χ1v) is 11.0. The highest BCUT2D eigenvalue weighted by Gasteiger charge is 2.30. The average molecular weight is 426 g/mol. The molecule has 0 bridgehead atoms. The number of anilines is 1. The molecular formula is C27H27N3O2. The molecule has 0 saturated heterocycles. The van der Waals surface area contributed by atoms with Crippen LogP contribution in [0.2, 0.25) is 0 Å². The van der Waals surface area contributed by atoms with Crippen LogP contribution in [0.25, 0.3) is 0 Å². The lowest BCUT2D eigenvalue weighted by Gasteiger charge is -2.20. The van der Waals surface area contributed by atoms with Crippen molar-refractivity contribution in [2.45, 2.75) is 31.8 Å². The summed E-state index contributed by atoms with van der Waals surface area (Å²) in [6.07, 6.45) is 2.02. The van der Waals surface area contributed by atoms with Gasteiger partial charge in [-0.1, -0.05) is 78.9 Å². The zero-order chi connectivity index (χ0) is 22.3. The number of carbonyl (C=O) groups excluding carboxylic acids is 2. The van der Waals surface area contributed by atoms with E-state index in [0.717, 1.165) is 36.1 Å². The fourth-order valence-corrected chi connectivity index (χ4v) is 3.93. The van der Waals surface area contributed by atoms with Gasteiger partial charge in [-0.3, -0.25) is 9.59 Å². The number of amides is 2. The Morgan fingerprint density at radius 3 is 2.31 bits per heavy atom. The van der Waals surface area contributed by atoms with E-state index in [1.54, 1.807) is 11.9 Å². The van der Waals surface area contributed by atoms with Crippen LogP contribution < -0.4 is 10.2 Å². The van der Waals surface area contributed by atoms with Gasteiger partial charge in [-0.2, -0.15) is 0 Å². The third kappa shape index (κ3) is 4.94. The molecule has 5 nitrogen and oxygen atoms in total. The number of hydrogen-bond acceptors (Lipinski definition) is 3. The van der Waals surface area contributed by atoms with Gasteiger partial charge in [0.05, 0.1) is 11.4 Å². The van der Waals surface area contributed by atoms with Gasteiger partial charge in [0.2, 0.25) is 12.1 Å². The van der Waals surface area contributed by atoms with Crippen LogP contribution in [0.1, 0.15) is 36.0 Å². The number of nitrogens with one attached hydrogen (secondary N) is 1. The Labute approximate surface area is 188 Å². The first-order valence-electron chi connectivity index (χ1n) is 11.0. The molecule has 1 heterocycles. The van der Waals surface area contributed by atoms with E-state index in [1.807, 2.05) is 72.8 Å². The minimum atomic E-state index is -0.954. The highest BCUT2D eigenvalue weighted by atomic mass is 16.2. The van der Waals surface area contributed by atoms with Gasteiger partial charge < -0.3 is 10.2 Å². The van der Waals surface area contributed by atoms with E-state index in [0.29, 0.717) is 12.1 Å². The molecule has 0 aliphatic carbocycles.